The van der Waals surface area contributed by atoms with Gasteiger partial charge < -0.3 is 10.1 Å². The van der Waals surface area contributed by atoms with Gasteiger partial charge in [0.2, 0.25) is 5.91 Å². The van der Waals surface area contributed by atoms with Crippen LogP contribution in [0.25, 0.3) is 0 Å². The fraction of sp³-hybridized carbons (Fsp3) is 0.750. The Balaban J connectivity index is 1.62. The number of nitrogens with zero attached hydrogens (tertiary/aromatic N) is 2. The summed E-state index contributed by atoms with van der Waals surface area (Å²) in [6, 6.07) is 0.374. The molecule has 3 rings (SSSR count). The molecule has 1 N–H and O–H groups in total. The average molecular weight is 323 g/mol. The topological polar surface area (TPSA) is 54.5 Å². The third-order valence-corrected chi connectivity index (χ3v) is 5.36. The van der Waals surface area contributed by atoms with E-state index in [0.717, 1.165) is 62.7 Å². The van der Waals surface area contributed by atoms with E-state index in [1.807, 2.05) is 4.90 Å². The number of thiazole rings is 1. The van der Waals surface area contributed by atoms with Crippen LogP contribution in [0.5, 0.6) is 0 Å². The summed E-state index contributed by atoms with van der Waals surface area (Å²) in [6.45, 7) is 6.22. The van der Waals surface area contributed by atoms with Gasteiger partial charge in [-0.05, 0) is 25.7 Å². The Morgan fingerprint density at radius 3 is 3.00 bits per heavy atom. The predicted octanol–water partition coefficient (Wildman–Crippen LogP) is 2.71. The molecule has 1 aliphatic heterocycles. The van der Waals surface area contributed by atoms with Crippen LogP contribution in [-0.2, 0) is 16.1 Å². The highest BCUT2D eigenvalue weighted by atomic mass is 32.1. The van der Waals surface area contributed by atoms with E-state index in [9.17, 15) is 4.79 Å². The zero-order chi connectivity index (χ0) is 15.6. The van der Waals surface area contributed by atoms with Gasteiger partial charge in [-0.1, -0.05) is 13.3 Å². The van der Waals surface area contributed by atoms with Gasteiger partial charge in [0.15, 0.2) is 5.13 Å². The minimum Gasteiger partial charge on any atom is -0.379 e. The Kier molecular flexibility index (Phi) is 4.80. The molecule has 0 aromatic carbocycles. The molecular weight excluding hydrogens is 298 g/mol. The minimum absolute atomic E-state index is 0.100. The molecule has 1 aromatic heterocycles. The molecule has 2 heterocycles. The molecule has 1 unspecified atom stereocenters. The van der Waals surface area contributed by atoms with Crippen LogP contribution in [0.15, 0.2) is 5.38 Å². The van der Waals surface area contributed by atoms with Crippen molar-refractivity contribution in [1.29, 1.82) is 0 Å². The van der Waals surface area contributed by atoms with Gasteiger partial charge in [0.25, 0.3) is 0 Å². The normalized spacial score (nSPS) is 24.6. The number of amides is 1. The molecular formula is C16H25N3O2S. The van der Waals surface area contributed by atoms with E-state index in [1.54, 1.807) is 18.3 Å². The van der Waals surface area contributed by atoms with Gasteiger partial charge in [0, 0.05) is 37.0 Å². The van der Waals surface area contributed by atoms with E-state index in [4.69, 9.17) is 4.74 Å². The van der Waals surface area contributed by atoms with Crippen molar-refractivity contribution < 1.29 is 9.53 Å². The summed E-state index contributed by atoms with van der Waals surface area (Å²) >= 11 is 1.57. The molecule has 1 atom stereocenters. The average Bonchev–Trinajstić information content (AvgIpc) is 3.00. The summed E-state index contributed by atoms with van der Waals surface area (Å²) in [6.07, 6.45) is 5.55. The molecule has 1 saturated carbocycles. The largest absolute Gasteiger partial charge is 0.379 e. The van der Waals surface area contributed by atoms with E-state index in [1.165, 1.54) is 0 Å². The summed E-state index contributed by atoms with van der Waals surface area (Å²) in [7, 11) is 0. The molecule has 0 bridgehead atoms. The summed E-state index contributed by atoms with van der Waals surface area (Å²) in [5.41, 5.74) is 1.13. The van der Waals surface area contributed by atoms with Gasteiger partial charge in [-0.3, -0.25) is 9.69 Å². The lowest BCUT2D eigenvalue weighted by Gasteiger charge is -2.28. The summed E-state index contributed by atoms with van der Waals surface area (Å²) in [5.74, 6) is 0.100. The fourth-order valence-corrected chi connectivity index (χ4v) is 4.10. The van der Waals surface area contributed by atoms with Gasteiger partial charge in [-0.15, -0.1) is 11.3 Å². The van der Waals surface area contributed by atoms with E-state index in [0.29, 0.717) is 6.04 Å². The molecule has 0 spiro atoms. The molecule has 2 aliphatic rings. The Labute approximate surface area is 136 Å². The molecule has 2 fully saturated rings. The van der Waals surface area contributed by atoms with Crippen molar-refractivity contribution in [2.24, 2.45) is 0 Å². The molecule has 6 heteroatoms. The SMILES string of the molecule is CCCC1(NCc2csc(N(C(C)=O)C3CC3)n2)CCOC1. The van der Waals surface area contributed by atoms with Crippen LogP contribution in [0.1, 0.15) is 51.6 Å². The van der Waals surface area contributed by atoms with Crippen LogP contribution >= 0.6 is 11.3 Å². The predicted molar refractivity (Wildman–Crippen MR) is 88.2 cm³/mol. The van der Waals surface area contributed by atoms with Gasteiger partial charge in [-0.2, -0.15) is 0 Å². The first-order valence-corrected chi connectivity index (χ1v) is 9.08. The van der Waals surface area contributed by atoms with Gasteiger partial charge in [0.1, 0.15) is 0 Å². The second-order valence-electron chi connectivity index (χ2n) is 6.43. The quantitative estimate of drug-likeness (QED) is 0.838. The van der Waals surface area contributed by atoms with Crippen LogP contribution in [0.2, 0.25) is 0 Å². The van der Waals surface area contributed by atoms with Crippen LogP contribution in [-0.4, -0.2) is 35.7 Å². The van der Waals surface area contributed by atoms with Crippen molar-refractivity contribution in [2.75, 3.05) is 18.1 Å². The smallest absolute Gasteiger partial charge is 0.225 e. The van der Waals surface area contributed by atoms with Gasteiger partial charge in [0.05, 0.1) is 12.3 Å². The maximum Gasteiger partial charge on any atom is 0.225 e. The fourth-order valence-electron chi connectivity index (χ4n) is 3.16. The number of rotatable bonds is 7. The Morgan fingerprint density at radius 1 is 1.59 bits per heavy atom. The highest BCUT2D eigenvalue weighted by molar-refractivity contribution is 7.14. The van der Waals surface area contributed by atoms with Crippen LogP contribution in [0.4, 0.5) is 5.13 Å². The first-order valence-electron chi connectivity index (χ1n) is 8.20. The van der Waals surface area contributed by atoms with E-state index < -0.39 is 0 Å². The lowest BCUT2D eigenvalue weighted by atomic mass is 9.93. The maximum atomic E-state index is 11.8. The van der Waals surface area contributed by atoms with Crippen LogP contribution in [0.3, 0.4) is 0 Å². The zero-order valence-corrected chi connectivity index (χ0v) is 14.2. The highest BCUT2D eigenvalue weighted by Crippen LogP contribution is 2.33. The Hall–Kier alpha value is -0.980. The number of nitrogens with one attached hydrogen (secondary N) is 1. The maximum absolute atomic E-state index is 11.8. The third kappa shape index (κ3) is 3.50. The molecule has 1 aliphatic carbocycles. The number of ether oxygens (including phenoxy) is 1. The molecule has 122 valence electrons. The molecule has 22 heavy (non-hydrogen) atoms. The minimum atomic E-state index is 0.100. The number of aromatic nitrogens is 1. The number of hydrogen-bond acceptors (Lipinski definition) is 5. The second kappa shape index (κ2) is 6.64. The Morgan fingerprint density at radius 2 is 2.41 bits per heavy atom. The van der Waals surface area contributed by atoms with Gasteiger partial charge >= 0.3 is 0 Å². The van der Waals surface area contributed by atoms with E-state index in [-0.39, 0.29) is 11.4 Å². The highest BCUT2D eigenvalue weighted by Gasteiger charge is 2.35. The van der Waals surface area contributed by atoms with E-state index >= 15 is 0 Å². The van der Waals surface area contributed by atoms with E-state index in [2.05, 4.69) is 22.6 Å². The molecule has 1 aromatic rings. The van der Waals surface area contributed by atoms with Crippen molar-refractivity contribution in [3.63, 3.8) is 0 Å². The van der Waals surface area contributed by atoms with Crippen molar-refractivity contribution >= 4 is 22.4 Å². The van der Waals surface area contributed by atoms with Gasteiger partial charge in [-0.25, -0.2) is 4.98 Å². The molecule has 1 saturated heterocycles. The Bertz CT molecular complexity index is 521. The monoisotopic (exact) mass is 323 g/mol. The van der Waals surface area contributed by atoms with Crippen molar-refractivity contribution in [2.45, 2.75) is 64.1 Å². The van der Waals surface area contributed by atoms with Crippen LogP contribution in [0, 0.1) is 0 Å². The summed E-state index contributed by atoms with van der Waals surface area (Å²) in [5, 5.41) is 6.57. The molecule has 5 nitrogen and oxygen atoms in total. The molecule has 0 radical (unpaired) electrons. The third-order valence-electron chi connectivity index (χ3n) is 4.47. The first-order chi connectivity index (χ1) is 10.6. The summed E-state index contributed by atoms with van der Waals surface area (Å²) in [4.78, 5) is 18.3. The van der Waals surface area contributed by atoms with Crippen molar-refractivity contribution in [1.82, 2.24) is 10.3 Å². The lowest BCUT2D eigenvalue weighted by molar-refractivity contribution is -0.116. The second-order valence-corrected chi connectivity index (χ2v) is 7.26. The molecule has 1 amide bonds. The number of carbonyl (C=O) groups excluding carboxylic acids is 1. The number of carbonyl (C=O) groups is 1. The number of anilines is 1. The number of hydrogen-bond donors (Lipinski definition) is 1. The standard InChI is InChI=1S/C16H25N3O2S/c1-3-6-16(7-8-21-11-16)17-9-13-10-22-15(18-13)19(12(2)20)14-4-5-14/h10,14,17H,3-9,11H2,1-2H3. The summed E-state index contributed by atoms with van der Waals surface area (Å²) < 4.78 is 5.58. The van der Waals surface area contributed by atoms with Crippen LogP contribution < -0.4 is 10.2 Å². The first kappa shape index (κ1) is 15.9. The zero-order valence-electron chi connectivity index (χ0n) is 13.4. The van der Waals surface area contributed by atoms with Crippen molar-refractivity contribution in [3.8, 4) is 0 Å². The lowest BCUT2D eigenvalue weighted by Crippen LogP contribution is -2.45. The van der Waals surface area contributed by atoms with Crippen molar-refractivity contribution in [3.05, 3.63) is 11.1 Å².